The molecule has 0 amide bonds. The molecule has 9 aromatic rings. The van der Waals surface area contributed by atoms with Crippen LogP contribution in [0.25, 0.3) is 0 Å². The maximum absolute atomic E-state index is 15.8. The van der Waals surface area contributed by atoms with Gasteiger partial charge in [0, 0.05) is 34.0 Å². The molecule has 0 saturated heterocycles. The van der Waals surface area contributed by atoms with Gasteiger partial charge in [0.05, 0.1) is 0 Å². The monoisotopic (exact) mass is 1120 g/mol. The minimum atomic E-state index is -4.48. The summed E-state index contributed by atoms with van der Waals surface area (Å²) in [5.74, 6) is 1.24. The average molecular weight is 1120 g/mol. The van der Waals surface area contributed by atoms with Crippen LogP contribution in [0.5, 0.6) is 17.2 Å². The molecule has 5 heteroatoms. The van der Waals surface area contributed by atoms with E-state index in [-0.39, 0.29) is 34.0 Å². The van der Waals surface area contributed by atoms with E-state index in [4.69, 9.17) is 13.6 Å². The van der Waals surface area contributed by atoms with Crippen molar-refractivity contribution in [3.63, 3.8) is 0 Å². The highest BCUT2D eigenvalue weighted by Crippen LogP contribution is 2.54. The van der Waals surface area contributed by atoms with Crippen molar-refractivity contribution in [1.82, 2.24) is 0 Å². The second kappa shape index (κ2) is 23.7. The minimum Gasteiger partial charge on any atom is -0.386 e. The number of rotatable bonds is 18. The van der Waals surface area contributed by atoms with Crippen LogP contribution in [-0.2, 0) is 20.8 Å². The molecular formula is C78H87O4P. The van der Waals surface area contributed by atoms with Gasteiger partial charge in [-0.2, -0.15) is 4.57 Å². The molecule has 9 rings (SSSR count). The lowest BCUT2D eigenvalue weighted by Crippen LogP contribution is -2.30. The summed E-state index contributed by atoms with van der Waals surface area (Å²) in [7, 11) is -4.48. The topological polar surface area (TPSA) is 44.8 Å². The highest BCUT2D eigenvalue weighted by Gasteiger charge is 2.42. The highest BCUT2D eigenvalue weighted by atomic mass is 31.2. The SMILES string of the molecule is Cc1cccc(C)c1C(c1c(C)cccc1C)C(C)(C)c1ccc(OP(=O)(Oc2ccc(C(C)(C)C(c3c(C)cccc3C)c3c(C)cccc3C)cc2)Oc2ccc(C(C)(C)C(c3c(C)cccc3C)c3c(C)cccc3C)cc2)cc1. The molecule has 4 nitrogen and oxygen atoms in total. The Kier molecular flexibility index (Phi) is 17.2. The van der Waals surface area contributed by atoms with Crippen LogP contribution in [0.2, 0.25) is 0 Å². The number of phosphoric ester groups is 1. The van der Waals surface area contributed by atoms with E-state index < -0.39 is 7.82 Å². The Balaban J connectivity index is 1.10. The first-order chi connectivity index (χ1) is 39.2. The van der Waals surface area contributed by atoms with Gasteiger partial charge in [-0.1, -0.05) is 187 Å². The summed E-state index contributed by atoms with van der Waals surface area (Å²) in [5.41, 5.74) is 25.4. The van der Waals surface area contributed by atoms with Crippen molar-refractivity contribution < 1.29 is 18.1 Å². The Labute approximate surface area is 498 Å². The molecule has 0 unspecified atom stereocenters. The second-order valence-electron chi connectivity index (χ2n) is 25.6. The maximum atomic E-state index is 15.8. The fourth-order valence-corrected chi connectivity index (χ4v) is 15.3. The molecule has 0 aliphatic carbocycles. The lowest BCUT2D eigenvalue weighted by Gasteiger charge is -2.39. The third-order valence-electron chi connectivity index (χ3n) is 18.6. The van der Waals surface area contributed by atoms with Crippen LogP contribution in [0.4, 0.5) is 0 Å². The van der Waals surface area contributed by atoms with Crippen molar-refractivity contribution in [2.24, 2.45) is 0 Å². The van der Waals surface area contributed by atoms with Crippen molar-refractivity contribution >= 4 is 7.82 Å². The molecule has 0 N–H and O–H groups in total. The smallest absolute Gasteiger partial charge is 0.386 e. The Hall–Kier alpha value is -7.39. The molecule has 0 aliphatic rings. The molecule has 0 spiro atoms. The van der Waals surface area contributed by atoms with E-state index in [0.717, 1.165) is 16.7 Å². The summed E-state index contributed by atoms with van der Waals surface area (Å²) in [6.07, 6.45) is 0. The third-order valence-corrected chi connectivity index (χ3v) is 19.9. The predicted octanol–water partition coefficient (Wildman–Crippen LogP) is 21.4. The van der Waals surface area contributed by atoms with Gasteiger partial charge in [-0.3, -0.25) is 0 Å². The van der Waals surface area contributed by atoms with Gasteiger partial charge in [-0.25, -0.2) is 0 Å². The number of aryl methyl sites for hydroxylation is 12. The standard InChI is InChI=1S/C78H87O4P/c1-49-25-19-26-50(2)67(49)73(68-51(3)27-20-28-52(68)4)76(13,14)61-37-43-64(44-38-61)80-83(79,81-65-45-39-62(40-46-65)77(15,16)74(69-53(5)29-21-30-54(69)6)70-55(7)31-22-32-56(70)8)82-66-47-41-63(42-48-66)78(17,18)75(71-57(9)33-23-34-58(71)10)72-59(11)35-24-36-60(72)12/h19-48,73-75H,1-18H3. The first-order valence-electron chi connectivity index (χ1n) is 29.6. The third kappa shape index (κ3) is 11.9. The van der Waals surface area contributed by atoms with Gasteiger partial charge < -0.3 is 13.6 Å². The first-order valence-corrected chi connectivity index (χ1v) is 31.1. The van der Waals surface area contributed by atoms with Gasteiger partial charge in [0.1, 0.15) is 17.2 Å². The quantitative estimate of drug-likeness (QED) is 0.0803. The molecule has 0 aliphatic heterocycles. The Morgan fingerprint density at radius 3 is 0.542 bits per heavy atom. The molecule has 0 aromatic heterocycles. The zero-order valence-corrected chi connectivity index (χ0v) is 53.5. The number of benzene rings is 9. The van der Waals surface area contributed by atoms with Gasteiger partial charge >= 0.3 is 7.82 Å². The van der Waals surface area contributed by atoms with Gasteiger partial charge in [-0.05, 0) is 236 Å². The van der Waals surface area contributed by atoms with Crippen molar-refractivity contribution in [1.29, 1.82) is 0 Å². The van der Waals surface area contributed by atoms with Crippen molar-refractivity contribution in [3.05, 3.63) is 299 Å². The Morgan fingerprint density at radius 2 is 0.398 bits per heavy atom. The summed E-state index contributed by atoms with van der Waals surface area (Å²) in [4.78, 5) is 0. The fraction of sp³-hybridized carbons (Fsp3) is 0.308. The molecule has 0 fully saturated rings. The average Bonchev–Trinajstić information content (AvgIpc) is 3.53. The Morgan fingerprint density at radius 1 is 0.253 bits per heavy atom. The maximum Gasteiger partial charge on any atom is 0.647 e. The molecule has 428 valence electrons. The molecular weight excluding hydrogens is 1030 g/mol. The lowest BCUT2D eigenvalue weighted by molar-refractivity contribution is 0.298. The van der Waals surface area contributed by atoms with E-state index in [1.807, 2.05) is 36.4 Å². The van der Waals surface area contributed by atoms with Crippen LogP contribution in [0.1, 0.15) is 176 Å². The predicted molar refractivity (Wildman–Crippen MR) is 349 cm³/mol. The van der Waals surface area contributed by atoms with Gasteiger partial charge in [0.2, 0.25) is 0 Å². The largest absolute Gasteiger partial charge is 0.647 e. The summed E-state index contributed by atoms with van der Waals surface area (Å²) < 4.78 is 35.6. The molecule has 0 saturated carbocycles. The van der Waals surface area contributed by atoms with Crippen molar-refractivity contribution in [3.8, 4) is 17.2 Å². The number of hydrogen-bond donors (Lipinski definition) is 0. The molecule has 0 radical (unpaired) electrons. The molecule has 9 aromatic carbocycles. The lowest BCUT2D eigenvalue weighted by atomic mass is 9.64. The van der Waals surface area contributed by atoms with Crippen LogP contribution in [0, 0.1) is 83.1 Å². The molecule has 83 heavy (non-hydrogen) atoms. The molecule has 0 bridgehead atoms. The van der Waals surface area contributed by atoms with Crippen LogP contribution >= 0.6 is 7.82 Å². The fourth-order valence-electron chi connectivity index (χ4n) is 14.1. The van der Waals surface area contributed by atoms with Crippen LogP contribution in [-0.4, -0.2) is 0 Å². The van der Waals surface area contributed by atoms with E-state index in [1.54, 1.807) is 0 Å². The minimum absolute atomic E-state index is 0.0452. The van der Waals surface area contributed by atoms with Crippen molar-refractivity contribution in [2.45, 2.75) is 159 Å². The first kappa shape index (κ1) is 60.2. The zero-order chi connectivity index (χ0) is 59.9. The van der Waals surface area contributed by atoms with Crippen LogP contribution in [0.15, 0.2) is 182 Å². The summed E-state index contributed by atoms with van der Waals surface area (Å²) >= 11 is 0. The van der Waals surface area contributed by atoms with E-state index >= 15 is 4.57 Å². The molecule has 0 heterocycles. The second-order valence-corrected chi connectivity index (χ2v) is 27.0. The summed E-state index contributed by atoms with van der Waals surface area (Å²) in [5, 5.41) is 0. The summed E-state index contributed by atoms with van der Waals surface area (Å²) in [6.45, 7) is 40.7. The molecule has 0 atom stereocenters. The van der Waals surface area contributed by atoms with E-state index in [2.05, 4.69) is 270 Å². The van der Waals surface area contributed by atoms with E-state index in [1.165, 1.54) is 100 Å². The van der Waals surface area contributed by atoms with Crippen LogP contribution in [0.3, 0.4) is 0 Å². The zero-order valence-electron chi connectivity index (χ0n) is 52.6. The Bertz CT molecular complexity index is 3180. The van der Waals surface area contributed by atoms with Gasteiger partial charge in [-0.15, -0.1) is 0 Å². The number of hydrogen-bond acceptors (Lipinski definition) is 4. The number of phosphoric acid groups is 1. The van der Waals surface area contributed by atoms with Crippen molar-refractivity contribution in [2.75, 3.05) is 0 Å². The van der Waals surface area contributed by atoms with Gasteiger partial charge in [0.25, 0.3) is 0 Å². The normalized spacial score (nSPS) is 12.3. The van der Waals surface area contributed by atoms with Gasteiger partial charge in [0.15, 0.2) is 0 Å². The summed E-state index contributed by atoms with van der Waals surface area (Å²) in [6, 6.07) is 63.6. The highest BCUT2D eigenvalue weighted by molar-refractivity contribution is 7.49. The van der Waals surface area contributed by atoms with E-state index in [9.17, 15) is 0 Å². The van der Waals surface area contributed by atoms with Crippen LogP contribution < -0.4 is 13.6 Å². The van der Waals surface area contributed by atoms with E-state index in [0.29, 0.717) is 17.2 Å².